The van der Waals surface area contributed by atoms with E-state index in [0.717, 1.165) is 0 Å². The molecule has 5 heteroatoms. The van der Waals surface area contributed by atoms with E-state index in [9.17, 15) is 9.59 Å². The van der Waals surface area contributed by atoms with Crippen LogP contribution in [0.1, 0.15) is 13.8 Å². The normalized spacial score (nSPS) is 22.1. The van der Waals surface area contributed by atoms with Crippen LogP contribution in [0, 0.1) is 0 Å². The lowest BCUT2D eigenvalue weighted by Gasteiger charge is -2.25. The second-order valence-corrected chi connectivity index (χ2v) is 9.48. The second kappa shape index (κ2) is 2.57. The van der Waals surface area contributed by atoms with Crippen molar-refractivity contribution in [2.24, 2.45) is 0 Å². The molecule has 0 atom stereocenters. The van der Waals surface area contributed by atoms with Gasteiger partial charge in [-0.3, -0.25) is 9.36 Å². The van der Waals surface area contributed by atoms with Crippen LogP contribution in [-0.4, -0.2) is 30.4 Å². The number of imide groups is 1. The third-order valence-corrected chi connectivity index (χ3v) is 3.64. The smallest absolute Gasteiger partial charge is 0.409 e. The lowest BCUT2D eigenvalue weighted by Crippen LogP contribution is -2.51. The molecule has 0 N–H and O–H groups in total. The molecule has 1 aliphatic rings. The Morgan fingerprint density at radius 3 is 1.85 bits per heavy atom. The minimum atomic E-state index is -1.93. The van der Waals surface area contributed by atoms with Crippen LogP contribution in [0.3, 0.4) is 0 Å². The first-order chi connectivity index (χ1) is 5.66. The Morgan fingerprint density at radius 1 is 1.23 bits per heavy atom. The molecule has 0 bridgehead atoms. The van der Waals surface area contributed by atoms with Crippen molar-refractivity contribution in [3.05, 3.63) is 0 Å². The van der Waals surface area contributed by atoms with Gasteiger partial charge >= 0.3 is 6.09 Å². The zero-order valence-electron chi connectivity index (χ0n) is 8.67. The molecule has 0 saturated carbocycles. The first kappa shape index (κ1) is 10.2. The van der Waals surface area contributed by atoms with Gasteiger partial charge in [0.1, 0.15) is 0 Å². The van der Waals surface area contributed by atoms with E-state index in [4.69, 9.17) is 4.74 Å². The molecule has 1 saturated heterocycles. The summed E-state index contributed by atoms with van der Waals surface area (Å²) in [7, 11) is -1.93. The van der Waals surface area contributed by atoms with Gasteiger partial charge in [-0.2, -0.15) is 0 Å². The Labute approximate surface area is 78.9 Å². The highest BCUT2D eigenvalue weighted by Gasteiger charge is 2.51. The first-order valence-electron chi connectivity index (χ1n) is 4.24. The van der Waals surface area contributed by atoms with Crippen LogP contribution in [0.25, 0.3) is 0 Å². The van der Waals surface area contributed by atoms with Crippen molar-refractivity contribution >= 4 is 20.2 Å². The zero-order chi connectivity index (χ0) is 10.4. The van der Waals surface area contributed by atoms with Crippen molar-refractivity contribution in [3.63, 3.8) is 0 Å². The number of carbonyl (C=O) groups excluding carboxylic acids is 2. The van der Waals surface area contributed by atoms with Gasteiger partial charge in [-0.05, 0) is 13.8 Å². The van der Waals surface area contributed by atoms with Gasteiger partial charge in [0.05, 0.1) is 0 Å². The summed E-state index contributed by atoms with van der Waals surface area (Å²) in [4.78, 5) is 23.1. The fourth-order valence-electron chi connectivity index (χ4n) is 1.24. The number of ether oxygens (including phenoxy) is 1. The van der Waals surface area contributed by atoms with Crippen LogP contribution in [0.5, 0.6) is 0 Å². The van der Waals surface area contributed by atoms with E-state index < -0.39 is 19.9 Å². The van der Waals surface area contributed by atoms with Gasteiger partial charge in [-0.15, -0.1) is 0 Å². The maximum absolute atomic E-state index is 11.7. The van der Waals surface area contributed by atoms with Crippen molar-refractivity contribution in [2.75, 3.05) is 0 Å². The SMILES string of the molecule is CC1(C)OC(=O)N([Si](C)(C)C)C1=O. The molecule has 74 valence electrons. The molecule has 1 heterocycles. The third-order valence-electron chi connectivity index (χ3n) is 1.91. The molecule has 0 aromatic carbocycles. The van der Waals surface area contributed by atoms with Gasteiger partial charge < -0.3 is 4.74 Å². The Morgan fingerprint density at radius 2 is 1.69 bits per heavy atom. The molecule has 0 radical (unpaired) electrons. The number of carbonyl (C=O) groups is 2. The Balaban J connectivity index is 3.03. The van der Waals surface area contributed by atoms with Crippen molar-refractivity contribution in [3.8, 4) is 0 Å². The van der Waals surface area contributed by atoms with Gasteiger partial charge in [0.25, 0.3) is 5.91 Å². The molecule has 0 aliphatic carbocycles. The fraction of sp³-hybridized carbons (Fsp3) is 0.750. The second-order valence-electron chi connectivity index (χ2n) is 4.69. The van der Waals surface area contributed by atoms with E-state index in [0.29, 0.717) is 0 Å². The van der Waals surface area contributed by atoms with E-state index in [1.165, 1.54) is 4.57 Å². The molecular weight excluding hydrogens is 186 g/mol. The average Bonchev–Trinajstić information content (AvgIpc) is 1.99. The lowest BCUT2D eigenvalue weighted by atomic mass is 10.1. The molecular formula is C8H15NO3Si. The molecule has 0 aromatic heterocycles. The number of hydrogen-bond donors (Lipinski definition) is 0. The topological polar surface area (TPSA) is 46.6 Å². The largest absolute Gasteiger partial charge is 0.434 e. The highest BCUT2D eigenvalue weighted by molar-refractivity contribution is 6.78. The minimum Gasteiger partial charge on any atom is -0.434 e. The van der Waals surface area contributed by atoms with Gasteiger partial charge in [0.15, 0.2) is 13.8 Å². The fourth-order valence-corrected chi connectivity index (χ4v) is 2.71. The van der Waals surface area contributed by atoms with Crippen molar-refractivity contribution in [2.45, 2.75) is 39.1 Å². The van der Waals surface area contributed by atoms with Crippen LogP contribution in [0.15, 0.2) is 0 Å². The van der Waals surface area contributed by atoms with Gasteiger partial charge in [0.2, 0.25) is 0 Å². The summed E-state index contributed by atoms with van der Waals surface area (Å²) in [5.41, 5.74) is -0.975. The van der Waals surface area contributed by atoms with E-state index in [-0.39, 0.29) is 5.91 Å². The van der Waals surface area contributed by atoms with Crippen LogP contribution >= 0.6 is 0 Å². The van der Waals surface area contributed by atoms with Crippen LogP contribution in [0.2, 0.25) is 19.6 Å². The standard InChI is InChI=1S/C8H15NO3Si/c1-8(2)6(10)9(7(11)12-8)13(3,4)5/h1-5H3. The van der Waals surface area contributed by atoms with Crippen molar-refractivity contribution in [1.82, 2.24) is 4.57 Å². The monoisotopic (exact) mass is 201 g/mol. The predicted molar refractivity (Wildman–Crippen MR) is 50.8 cm³/mol. The van der Waals surface area contributed by atoms with Gasteiger partial charge in [0, 0.05) is 0 Å². The van der Waals surface area contributed by atoms with Gasteiger partial charge in [-0.25, -0.2) is 4.79 Å². The minimum absolute atomic E-state index is 0.211. The zero-order valence-corrected chi connectivity index (χ0v) is 9.67. The van der Waals surface area contributed by atoms with E-state index in [1.807, 2.05) is 19.6 Å². The van der Waals surface area contributed by atoms with Crippen LogP contribution in [-0.2, 0) is 9.53 Å². The van der Waals surface area contributed by atoms with Crippen LogP contribution in [0.4, 0.5) is 4.79 Å². The Bertz CT molecular complexity index is 267. The van der Waals surface area contributed by atoms with E-state index >= 15 is 0 Å². The summed E-state index contributed by atoms with van der Waals surface area (Å²) in [5.74, 6) is -0.211. The predicted octanol–water partition coefficient (Wildman–Crippen LogP) is 1.58. The van der Waals surface area contributed by atoms with Crippen molar-refractivity contribution < 1.29 is 14.3 Å². The molecule has 0 unspecified atom stereocenters. The van der Waals surface area contributed by atoms with E-state index in [1.54, 1.807) is 13.8 Å². The molecule has 1 fully saturated rings. The van der Waals surface area contributed by atoms with Crippen LogP contribution < -0.4 is 0 Å². The maximum atomic E-state index is 11.7. The summed E-state index contributed by atoms with van der Waals surface area (Å²) >= 11 is 0. The average molecular weight is 201 g/mol. The van der Waals surface area contributed by atoms with Gasteiger partial charge in [-0.1, -0.05) is 19.6 Å². The third kappa shape index (κ3) is 1.60. The van der Waals surface area contributed by atoms with Crippen molar-refractivity contribution in [1.29, 1.82) is 0 Å². The summed E-state index contributed by atoms with van der Waals surface area (Å²) in [6.07, 6.45) is -0.492. The first-order valence-corrected chi connectivity index (χ1v) is 7.68. The summed E-state index contributed by atoms with van der Waals surface area (Å²) < 4.78 is 6.27. The molecule has 0 spiro atoms. The number of nitrogens with zero attached hydrogens (tertiary/aromatic N) is 1. The molecule has 1 rings (SSSR count). The Hall–Kier alpha value is -0.843. The highest BCUT2D eigenvalue weighted by Crippen LogP contribution is 2.27. The number of hydrogen-bond acceptors (Lipinski definition) is 3. The lowest BCUT2D eigenvalue weighted by molar-refractivity contribution is -0.132. The Kier molecular flexibility index (Phi) is 2.03. The summed E-state index contributed by atoms with van der Waals surface area (Å²) in [5, 5.41) is 0. The quantitative estimate of drug-likeness (QED) is 0.605. The number of rotatable bonds is 1. The number of cyclic esters (lactones) is 1. The molecule has 0 aromatic rings. The molecule has 13 heavy (non-hydrogen) atoms. The van der Waals surface area contributed by atoms with E-state index in [2.05, 4.69) is 0 Å². The number of amides is 2. The molecule has 4 nitrogen and oxygen atoms in total. The molecule has 1 aliphatic heterocycles. The molecule has 2 amide bonds. The maximum Gasteiger partial charge on any atom is 0.409 e. The summed E-state index contributed by atoms with van der Waals surface area (Å²) in [6, 6.07) is 0. The highest BCUT2D eigenvalue weighted by atomic mass is 28.3. The summed E-state index contributed by atoms with van der Waals surface area (Å²) in [6.45, 7) is 9.05.